The van der Waals surface area contributed by atoms with E-state index in [9.17, 15) is 4.79 Å². The van der Waals surface area contributed by atoms with Crippen LogP contribution < -0.4 is 5.32 Å². The summed E-state index contributed by atoms with van der Waals surface area (Å²) in [4.78, 5) is 11.7. The van der Waals surface area contributed by atoms with Crippen molar-refractivity contribution in [3.8, 4) is 0 Å². The lowest BCUT2D eigenvalue weighted by atomic mass is 10.1. The lowest BCUT2D eigenvalue weighted by Crippen LogP contribution is -2.26. The monoisotopic (exact) mass is 249 g/mol. The van der Waals surface area contributed by atoms with Gasteiger partial charge in [0.25, 0.3) is 0 Å². The van der Waals surface area contributed by atoms with Crippen molar-refractivity contribution in [1.29, 1.82) is 0 Å². The van der Waals surface area contributed by atoms with Crippen LogP contribution in [0.2, 0.25) is 0 Å². The number of carbonyl (C=O) groups excluding carboxylic acids is 1. The van der Waals surface area contributed by atoms with Crippen molar-refractivity contribution in [2.45, 2.75) is 39.0 Å². The first-order valence-electron chi connectivity index (χ1n) is 6.66. The molecule has 0 heterocycles. The van der Waals surface area contributed by atoms with Crippen molar-refractivity contribution in [3.05, 3.63) is 35.4 Å². The van der Waals surface area contributed by atoms with Gasteiger partial charge in [-0.25, -0.2) is 0 Å². The van der Waals surface area contributed by atoms with Gasteiger partial charge < -0.3 is 10.4 Å². The van der Waals surface area contributed by atoms with Crippen LogP contribution in [0.1, 0.15) is 36.8 Å². The minimum Gasteiger partial charge on any atom is -0.396 e. The molecule has 1 aromatic carbocycles. The maximum atomic E-state index is 11.7. The zero-order chi connectivity index (χ0) is 13.2. The highest BCUT2D eigenvalue weighted by atomic mass is 16.2. The fourth-order valence-electron chi connectivity index (χ4n) is 1.86. The number of aliphatic hydroxyl groups is 1. The number of carbonyl (C=O) groups is 1. The summed E-state index contributed by atoms with van der Waals surface area (Å²) < 4.78 is 0. The second-order valence-electron chi connectivity index (χ2n) is 4.59. The minimum atomic E-state index is 0.0893. The van der Waals surface area contributed by atoms with E-state index in [-0.39, 0.29) is 12.5 Å². The van der Waals surface area contributed by atoms with Gasteiger partial charge in [-0.05, 0) is 30.9 Å². The molecule has 0 spiro atoms. The van der Waals surface area contributed by atoms with Gasteiger partial charge in [0.15, 0.2) is 0 Å². The Morgan fingerprint density at radius 1 is 1.17 bits per heavy atom. The summed E-state index contributed by atoms with van der Waals surface area (Å²) in [7, 11) is 0. The van der Waals surface area contributed by atoms with E-state index in [1.165, 1.54) is 0 Å². The highest BCUT2D eigenvalue weighted by Crippen LogP contribution is 2.07. The molecular weight excluding hydrogens is 226 g/mol. The van der Waals surface area contributed by atoms with Crippen molar-refractivity contribution in [2.24, 2.45) is 0 Å². The lowest BCUT2D eigenvalue weighted by Gasteiger charge is -2.07. The molecule has 2 N–H and O–H groups in total. The van der Waals surface area contributed by atoms with Crippen LogP contribution in [0.5, 0.6) is 0 Å². The van der Waals surface area contributed by atoms with Gasteiger partial charge in [-0.3, -0.25) is 4.79 Å². The van der Waals surface area contributed by atoms with Crippen molar-refractivity contribution < 1.29 is 9.90 Å². The molecule has 0 saturated carbocycles. The van der Waals surface area contributed by atoms with Crippen molar-refractivity contribution in [2.75, 3.05) is 13.2 Å². The Labute approximate surface area is 109 Å². The van der Waals surface area contributed by atoms with Crippen LogP contribution in [0.4, 0.5) is 0 Å². The Bertz CT molecular complexity index is 363. The quantitative estimate of drug-likeness (QED) is 0.694. The number of hydrogen-bond acceptors (Lipinski definition) is 2. The van der Waals surface area contributed by atoms with Gasteiger partial charge in [-0.1, -0.05) is 37.1 Å². The molecule has 1 amide bonds. The first kappa shape index (κ1) is 14.7. The third kappa shape index (κ3) is 5.82. The number of unbranched alkanes of at least 4 members (excludes halogenated alkanes) is 3. The summed E-state index contributed by atoms with van der Waals surface area (Å²) in [6, 6.07) is 7.97. The Hall–Kier alpha value is -1.35. The summed E-state index contributed by atoms with van der Waals surface area (Å²) in [6.07, 6.45) is 4.40. The van der Waals surface area contributed by atoms with E-state index in [4.69, 9.17) is 5.11 Å². The van der Waals surface area contributed by atoms with Crippen molar-refractivity contribution in [3.63, 3.8) is 0 Å². The third-order valence-corrected chi connectivity index (χ3v) is 3.02. The average molecular weight is 249 g/mol. The van der Waals surface area contributed by atoms with Gasteiger partial charge in [0.2, 0.25) is 5.91 Å². The number of rotatable bonds is 8. The molecule has 0 saturated heterocycles. The fraction of sp³-hybridized carbons (Fsp3) is 0.533. The first-order valence-corrected chi connectivity index (χ1v) is 6.66. The maximum absolute atomic E-state index is 11.7. The van der Waals surface area contributed by atoms with Gasteiger partial charge in [0, 0.05) is 13.2 Å². The van der Waals surface area contributed by atoms with E-state index >= 15 is 0 Å². The number of aryl methyl sites for hydroxylation is 1. The van der Waals surface area contributed by atoms with Crippen LogP contribution in [0.15, 0.2) is 24.3 Å². The molecule has 1 aromatic rings. The summed E-state index contributed by atoms with van der Waals surface area (Å²) >= 11 is 0. The molecule has 0 aromatic heterocycles. The number of nitrogens with one attached hydrogen (secondary N) is 1. The summed E-state index contributed by atoms with van der Waals surface area (Å²) in [5.41, 5.74) is 2.26. The molecule has 0 fully saturated rings. The summed E-state index contributed by atoms with van der Waals surface area (Å²) in [5.74, 6) is 0.0893. The predicted octanol–water partition coefficient (Wildman–Crippen LogP) is 2.21. The summed E-state index contributed by atoms with van der Waals surface area (Å²) in [6.45, 7) is 3.02. The zero-order valence-corrected chi connectivity index (χ0v) is 11.1. The molecule has 3 nitrogen and oxygen atoms in total. The smallest absolute Gasteiger partial charge is 0.224 e. The molecule has 3 heteroatoms. The highest BCUT2D eigenvalue weighted by Gasteiger charge is 2.04. The molecule has 18 heavy (non-hydrogen) atoms. The van der Waals surface area contributed by atoms with E-state index in [0.717, 1.165) is 43.4 Å². The Morgan fingerprint density at radius 3 is 2.61 bits per heavy atom. The van der Waals surface area contributed by atoms with Gasteiger partial charge in [0.05, 0.1) is 6.42 Å². The van der Waals surface area contributed by atoms with Gasteiger partial charge in [0.1, 0.15) is 0 Å². The van der Waals surface area contributed by atoms with Gasteiger partial charge in [-0.15, -0.1) is 0 Å². The molecule has 0 aliphatic carbocycles. The maximum Gasteiger partial charge on any atom is 0.224 e. The van der Waals surface area contributed by atoms with Crippen molar-refractivity contribution >= 4 is 5.91 Å². The standard InChI is InChI=1S/C15H23NO2/c1-13-8-4-5-9-14(13)12-15(18)16-10-6-2-3-7-11-17/h4-5,8-9,17H,2-3,6-7,10-12H2,1H3,(H,16,18). The molecule has 0 unspecified atom stereocenters. The van der Waals surface area contributed by atoms with Gasteiger partial charge in [-0.2, -0.15) is 0 Å². The first-order chi connectivity index (χ1) is 8.74. The SMILES string of the molecule is Cc1ccccc1CC(=O)NCCCCCCO. The highest BCUT2D eigenvalue weighted by molar-refractivity contribution is 5.78. The van der Waals surface area contributed by atoms with Crippen LogP contribution in [0.3, 0.4) is 0 Å². The van der Waals surface area contributed by atoms with E-state index < -0.39 is 0 Å². The largest absolute Gasteiger partial charge is 0.396 e. The van der Waals surface area contributed by atoms with E-state index in [1.54, 1.807) is 0 Å². The second-order valence-corrected chi connectivity index (χ2v) is 4.59. The Balaban J connectivity index is 2.16. The van der Waals surface area contributed by atoms with E-state index in [0.29, 0.717) is 6.42 Å². The number of benzene rings is 1. The zero-order valence-electron chi connectivity index (χ0n) is 11.1. The Morgan fingerprint density at radius 2 is 1.89 bits per heavy atom. The van der Waals surface area contributed by atoms with Crippen LogP contribution >= 0.6 is 0 Å². The second kappa shape index (κ2) is 8.70. The topological polar surface area (TPSA) is 49.3 Å². The van der Waals surface area contributed by atoms with E-state index in [2.05, 4.69) is 5.32 Å². The van der Waals surface area contributed by atoms with Crippen LogP contribution in [-0.4, -0.2) is 24.2 Å². The number of hydrogen-bond donors (Lipinski definition) is 2. The van der Waals surface area contributed by atoms with Crippen LogP contribution in [0, 0.1) is 6.92 Å². The summed E-state index contributed by atoms with van der Waals surface area (Å²) in [5, 5.41) is 11.6. The molecular formula is C15H23NO2. The fourth-order valence-corrected chi connectivity index (χ4v) is 1.86. The molecule has 100 valence electrons. The Kier molecular flexibility index (Phi) is 7.11. The molecule has 0 bridgehead atoms. The van der Waals surface area contributed by atoms with Crippen LogP contribution in [-0.2, 0) is 11.2 Å². The van der Waals surface area contributed by atoms with E-state index in [1.807, 2.05) is 31.2 Å². The van der Waals surface area contributed by atoms with Crippen molar-refractivity contribution in [1.82, 2.24) is 5.32 Å². The predicted molar refractivity (Wildman–Crippen MR) is 73.4 cm³/mol. The van der Waals surface area contributed by atoms with Gasteiger partial charge >= 0.3 is 0 Å². The molecule has 0 aliphatic rings. The third-order valence-electron chi connectivity index (χ3n) is 3.02. The van der Waals surface area contributed by atoms with Crippen LogP contribution in [0.25, 0.3) is 0 Å². The number of aliphatic hydroxyl groups excluding tert-OH is 1. The molecule has 0 aliphatic heterocycles. The molecule has 1 rings (SSSR count). The number of amides is 1. The average Bonchev–Trinajstić information content (AvgIpc) is 2.36. The normalized spacial score (nSPS) is 10.3. The molecule has 0 atom stereocenters. The minimum absolute atomic E-state index is 0.0893. The molecule has 0 radical (unpaired) electrons. The lowest BCUT2D eigenvalue weighted by molar-refractivity contribution is -0.120.